The molecule has 0 aromatic heterocycles. The van der Waals surface area contributed by atoms with Gasteiger partial charge in [0.25, 0.3) is 0 Å². The van der Waals surface area contributed by atoms with Gasteiger partial charge in [-0.25, -0.2) is 0 Å². The van der Waals surface area contributed by atoms with Crippen LogP contribution in [0.4, 0.5) is 0 Å². The van der Waals surface area contributed by atoms with Crippen LogP contribution in [0.2, 0.25) is 0 Å². The summed E-state index contributed by atoms with van der Waals surface area (Å²) in [5, 5.41) is 14.5. The summed E-state index contributed by atoms with van der Waals surface area (Å²) in [6, 6.07) is 16.2. The van der Waals surface area contributed by atoms with E-state index in [1.165, 1.54) is 12.5 Å². The fourth-order valence-corrected chi connectivity index (χ4v) is 3.57. The van der Waals surface area contributed by atoms with Crippen molar-refractivity contribution in [3.05, 3.63) is 70.8 Å². The Bertz CT molecular complexity index is 977. The Balaban J connectivity index is 0.000000493. The van der Waals surface area contributed by atoms with Gasteiger partial charge in [-0.1, -0.05) is 56.3 Å². The van der Waals surface area contributed by atoms with Crippen LogP contribution >= 0.6 is 0 Å². The van der Waals surface area contributed by atoms with E-state index in [4.69, 9.17) is 0 Å². The number of carbonyl (C=O) groups is 2. The lowest BCUT2D eigenvalue weighted by Crippen LogP contribution is -2.28. The first kappa shape index (κ1) is 28.9. The van der Waals surface area contributed by atoms with Crippen LogP contribution in [0.25, 0.3) is 0 Å². The topological polar surface area (TPSA) is 82.9 Å². The Kier molecular flexibility index (Phi) is 12.7. The second kappa shape index (κ2) is 14.9. The van der Waals surface area contributed by atoms with Gasteiger partial charge >= 0.3 is 0 Å². The quantitative estimate of drug-likeness (QED) is 0.247. The van der Waals surface area contributed by atoms with Crippen LogP contribution in [0.5, 0.6) is 0 Å². The number of hydrogen-bond acceptors (Lipinski definition) is 5. The first-order valence-electron chi connectivity index (χ1n) is 11.9. The highest BCUT2D eigenvalue weighted by Crippen LogP contribution is 2.49. The maximum absolute atomic E-state index is 10.9. The zero-order chi connectivity index (χ0) is 25.6. The summed E-state index contributed by atoms with van der Waals surface area (Å²) < 4.78 is 0. The number of rotatable bonds is 8. The molecule has 3 rings (SSSR count). The zero-order valence-electron chi connectivity index (χ0n) is 21.7. The van der Waals surface area contributed by atoms with Gasteiger partial charge in [-0.2, -0.15) is 10.2 Å². The van der Waals surface area contributed by atoms with E-state index in [1.807, 2.05) is 59.0 Å². The third-order valence-corrected chi connectivity index (χ3v) is 5.64. The van der Waals surface area contributed by atoms with Gasteiger partial charge in [0.2, 0.25) is 5.91 Å². The van der Waals surface area contributed by atoms with Gasteiger partial charge in [-0.05, 0) is 57.9 Å². The third-order valence-electron chi connectivity index (χ3n) is 5.64. The minimum atomic E-state index is 0.0280. The first-order chi connectivity index (χ1) is 16.3. The van der Waals surface area contributed by atoms with E-state index in [9.17, 15) is 9.59 Å². The Morgan fingerprint density at radius 3 is 2.15 bits per heavy atom. The molecular weight excluding hydrogens is 424 g/mol. The molecule has 34 heavy (non-hydrogen) atoms. The van der Waals surface area contributed by atoms with Crippen molar-refractivity contribution in [2.24, 2.45) is 10.2 Å². The van der Waals surface area contributed by atoms with Crippen LogP contribution in [0, 0.1) is 6.92 Å². The summed E-state index contributed by atoms with van der Waals surface area (Å²) >= 11 is 0. The molecule has 0 radical (unpaired) electrons. The molecule has 1 saturated carbocycles. The molecule has 2 aromatic rings. The molecule has 1 amide bonds. The fourth-order valence-electron chi connectivity index (χ4n) is 3.57. The average molecular weight is 465 g/mol. The number of aryl methyl sites for hydroxylation is 1. The van der Waals surface area contributed by atoms with E-state index in [0.717, 1.165) is 48.2 Å². The number of carbonyl (C=O) groups excluding carboxylic acids is 2. The molecule has 0 atom stereocenters. The molecule has 1 aliphatic carbocycles. The molecule has 6 heteroatoms. The summed E-state index contributed by atoms with van der Waals surface area (Å²) in [6.07, 6.45) is 3.13. The number of nitrogens with zero attached hydrogens (tertiary/aromatic N) is 2. The normalized spacial score (nSPS) is 14.1. The van der Waals surface area contributed by atoms with Crippen molar-refractivity contribution in [3.8, 4) is 0 Å². The molecule has 1 fully saturated rings. The predicted octanol–water partition coefficient (Wildman–Crippen LogP) is 5.09. The average Bonchev–Trinajstić information content (AvgIpc) is 3.67. The molecule has 0 saturated heterocycles. The number of nitrogens with one attached hydrogen (secondary N) is 2. The molecule has 0 bridgehead atoms. The Morgan fingerprint density at radius 2 is 1.65 bits per heavy atom. The molecule has 0 heterocycles. The van der Waals surface area contributed by atoms with Crippen molar-refractivity contribution in [2.75, 3.05) is 20.1 Å². The highest BCUT2D eigenvalue weighted by molar-refractivity contribution is 6.02. The van der Waals surface area contributed by atoms with Crippen molar-refractivity contribution < 1.29 is 9.59 Å². The molecule has 2 aromatic carbocycles. The van der Waals surface area contributed by atoms with E-state index in [-0.39, 0.29) is 11.3 Å². The maximum atomic E-state index is 10.9. The molecule has 6 nitrogen and oxygen atoms in total. The van der Waals surface area contributed by atoms with Crippen molar-refractivity contribution in [1.82, 2.24) is 10.6 Å². The van der Waals surface area contributed by atoms with E-state index in [2.05, 4.69) is 52.0 Å². The molecule has 0 aliphatic heterocycles. The van der Waals surface area contributed by atoms with Crippen LogP contribution in [0.3, 0.4) is 0 Å². The Morgan fingerprint density at radius 1 is 1.00 bits per heavy atom. The van der Waals surface area contributed by atoms with Crippen LogP contribution in [-0.2, 0) is 10.2 Å². The van der Waals surface area contributed by atoms with E-state index >= 15 is 0 Å². The Hall–Kier alpha value is -3.12. The van der Waals surface area contributed by atoms with Gasteiger partial charge in [0, 0.05) is 42.3 Å². The maximum Gasteiger partial charge on any atom is 0.216 e. The smallest absolute Gasteiger partial charge is 0.216 e. The summed E-state index contributed by atoms with van der Waals surface area (Å²) in [7, 11) is 1.85. The van der Waals surface area contributed by atoms with Crippen LogP contribution < -0.4 is 10.6 Å². The largest absolute Gasteiger partial charge is 0.355 e. The molecule has 1 aliphatic rings. The molecule has 0 unspecified atom stereocenters. The lowest BCUT2D eigenvalue weighted by atomic mass is 9.92. The lowest BCUT2D eigenvalue weighted by Gasteiger charge is -2.14. The van der Waals surface area contributed by atoms with Gasteiger partial charge in [-0.15, -0.1) is 0 Å². The number of hydrogen-bond donors (Lipinski definition) is 2. The lowest BCUT2D eigenvalue weighted by molar-refractivity contribution is -0.118. The highest BCUT2D eigenvalue weighted by Gasteiger charge is 2.47. The third kappa shape index (κ3) is 8.67. The number of aldehydes is 1. The van der Waals surface area contributed by atoms with Gasteiger partial charge < -0.3 is 10.6 Å². The van der Waals surface area contributed by atoms with E-state index in [0.29, 0.717) is 12.1 Å². The van der Waals surface area contributed by atoms with Crippen molar-refractivity contribution in [2.45, 2.75) is 59.8 Å². The highest BCUT2D eigenvalue weighted by atomic mass is 16.1. The molecule has 184 valence electrons. The Labute approximate surface area is 205 Å². The van der Waals surface area contributed by atoms with Gasteiger partial charge in [-0.3, -0.25) is 9.59 Å². The summed E-state index contributed by atoms with van der Waals surface area (Å²) in [4.78, 5) is 21.0. The van der Waals surface area contributed by atoms with Crippen LogP contribution in [0.1, 0.15) is 74.5 Å². The van der Waals surface area contributed by atoms with Crippen molar-refractivity contribution >= 4 is 23.6 Å². The number of amides is 1. The molecular formula is C28H40N4O2. The first-order valence-corrected chi connectivity index (χ1v) is 11.9. The van der Waals surface area contributed by atoms with E-state index < -0.39 is 0 Å². The molecule has 2 N–H and O–H groups in total. The van der Waals surface area contributed by atoms with Gasteiger partial charge in [0.15, 0.2) is 0 Å². The SMILES string of the molecule is C/C(=N\N=C(/C)C1(c2ccccc2)CC1)c1ccc(C=O)cc1C.CC.CNCCNC(C)=O. The van der Waals surface area contributed by atoms with Crippen molar-refractivity contribution in [3.63, 3.8) is 0 Å². The minimum Gasteiger partial charge on any atom is -0.355 e. The second-order valence-corrected chi connectivity index (χ2v) is 8.10. The number of benzene rings is 2. The van der Waals surface area contributed by atoms with Gasteiger partial charge in [0.1, 0.15) is 6.29 Å². The van der Waals surface area contributed by atoms with Gasteiger partial charge in [0.05, 0.1) is 5.71 Å². The van der Waals surface area contributed by atoms with Crippen molar-refractivity contribution in [1.29, 1.82) is 0 Å². The fraction of sp³-hybridized carbons (Fsp3) is 0.429. The standard InChI is InChI=1S/C21H22N2O.C5H12N2O.C2H6/c1-15-13-18(14-24)9-10-20(15)16(2)22-23-17(3)21(11-12-21)19-7-5-4-6-8-19;1-5(8)7-4-3-6-2;1-2/h4-10,13-14H,11-12H2,1-3H3;6H,3-4H2,1-2H3,(H,7,8);1-2H3/b22-16+,23-17+;;. The minimum absolute atomic E-state index is 0.0280. The summed E-state index contributed by atoms with van der Waals surface area (Å²) in [5.41, 5.74) is 6.08. The summed E-state index contributed by atoms with van der Waals surface area (Å²) in [6.45, 7) is 13.1. The summed E-state index contributed by atoms with van der Waals surface area (Å²) in [5.74, 6) is 0.0280. The van der Waals surface area contributed by atoms with E-state index in [1.54, 1.807) is 0 Å². The van der Waals surface area contributed by atoms with Crippen LogP contribution in [-0.4, -0.2) is 43.8 Å². The monoisotopic (exact) mass is 464 g/mol. The second-order valence-electron chi connectivity index (χ2n) is 8.10. The zero-order valence-corrected chi connectivity index (χ0v) is 21.7. The predicted molar refractivity (Wildman–Crippen MR) is 143 cm³/mol. The van der Waals surface area contributed by atoms with Crippen LogP contribution in [0.15, 0.2) is 58.7 Å². The molecule has 0 spiro atoms. The number of likely N-dealkylation sites (N-methyl/N-ethyl adjacent to an activating group) is 1.